The van der Waals surface area contributed by atoms with Gasteiger partial charge in [-0.15, -0.1) is 15.0 Å². The maximum Gasteiger partial charge on any atom is 0.157 e. The van der Waals surface area contributed by atoms with Crippen LogP contribution in [-0.2, 0) is 4.79 Å². The summed E-state index contributed by atoms with van der Waals surface area (Å²) in [7, 11) is 2.68. The van der Waals surface area contributed by atoms with Gasteiger partial charge in [0.2, 0.25) is 0 Å². The summed E-state index contributed by atoms with van der Waals surface area (Å²) < 4.78 is 0. The number of carbonyl (C=O) groups is 2. The third kappa shape index (κ3) is 3.19. The van der Waals surface area contributed by atoms with Gasteiger partial charge in [-0.3, -0.25) is 9.59 Å². The predicted octanol–water partition coefficient (Wildman–Crippen LogP) is 3.24. The SMILES string of the molecule is Cc1c(P)cc(C=O)c(C)c1/C1=C/C=C\C(C=O)=C=CC1. The molecule has 106 valence electrons. The van der Waals surface area contributed by atoms with Crippen molar-refractivity contribution in [1.82, 2.24) is 0 Å². The Labute approximate surface area is 127 Å². The molecule has 0 radical (unpaired) electrons. The molecule has 0 spiro atoms. The number of allylic oxidation sites excluding steroid dienone is 5. The molecule has 0 bridgehead atoms. The minimum atomic E-state index is 0.534. The van der Waals surface area contributed by atoms with E-state index in [0.717, 1.165) is 40.1 Å². The van der Waals surface area contributed by atoms with Crippen LogP contribution in [0.5, 0.6) is 0 Å². The second kappa shape index (κ2) is 6.63. The van der Waals surface area contributed by atoms with E-state index in [-0.39, 0.29) is 0 Å². The van der Waals surface area contributed by atoms with Crippen LogP contribution in [0.1, 0.15) is 33.5 Å². The molecule has 1 aromatic carbocycles. The number of rotatable bonds is 3. The summed E-state index contributed by atoms with van der Waals surface area (Å²) in [6.45, 7) is 4.02. The van der Waals surface area contributed by atoms with E-state index in [1.165, 1.54) is 0 Å². The molecule has 0 aliphatic heterocycles. The van der Waals surface area contributed by atoms with E-state index < -0.39 is 0 Å². The first kappa shape index (κ1) is 15.4. The molecule has 0 heterocycles. The quantitative estimate of drug-likeness (QED) is 0.487. The second-order valence-electron chi connectivity index (χ2n) is 4.97. The Morgan fingerprint density at radius 2 is 1.95 bits per heavy atom. The average molecular weight is 296 g/mol. The fourth-order valence-corrected chi connectivity index (χ4v) is 2.80. The molecule has 2 nitrogen and oxygen atoms in total. The third-order valence-corrected chi connectivity index (χ3v) is 4.27. The Balaban J connectivity index is 2.58. The van der Waals surface area contributed by atoms with Gasteiger partial charge in [0.05, 0.1) is 5.57 Å². The lowest BCUT2D eigenvalue weighted by molar-refractivity contribution is -0.104. The van der Waals surface area contributed by atoms with Crippen LogP contribution in [0.4, 0.5) is 0 Å². The van der Waals surface area contributed by atoms with Crippen molar-refractivity contribution in [1.29, 1.82) is 0 Å². The van der Waals surface area contributed by atoms with Crippen LogP contribution in [0.2, 0.25) is 0 Å². The van der Waals surface area contributed by atoms with Crippen LogP contribution in [0.15, 0.2) is 41.7 Å². The lowest BCUT2D eigenvalue weighted by Gasteiger charge is -2.17. The van der Waals surface area contributed by atoms with Gasteiger partial charge in [0, 0.05) is 5.56 Å². The molecule has 0 amide bonds. The largest absolute Gasteiger partial charge is 0.298 e. The standard InChI is InChI=1S/C18H17O2P/c1-12-16(11-20)9-17(21)13(2)18(12)15-7-3-5-14(10-19)6-4-8-15/h3-5,7,9-11H,8,21H2,1-2H3/b5-3-,15-7+. The van der Waals surface area contributed by atoms with Gasteiger partial charge in [-0.2, -0.15) is 0 Å². The number of benzene rings is 1. The molecule has 3 heteroatoms. The van der Waals surface area contributed by atoms with Crippen LogP contribution in [0.3, 0.4) is 0 Å². The minimum absolute atomic E-state index is 0.534. The smallest absolute Gasteiger partial charge is 0.157 e. The highest BCUT2D eigenvalue weighted by molar-refractivity contribution is 7.27. The number of hydrogen-bond acceptors (Lipinski definition) is 2. The summed E-state index contributed by atoms with van der Waals surface area (Å²) in [6.07, 6.45) is 9.80. The lowest BCUT2D eigenvalue weighted by Crippen LogP contribution is -2.08. The van der Waals surface area contributed by atoms with E-state index in [0.29, 0.717) is 17.6 Å². The fourth-order valence-electron chi connectivity index (χ4n) is 2.48. The van der Waals surface area contributed by atoms with Crippen molar-refractivity contribution < 1.29 is 9.59 Å². The minimum Gasteiger partial charge on any atom is -0.298 e. The maximum atomic E-state index is 11.2. The topological polar surface area (TPSA) is 34.1 Å². The predicted molar refractivity (Wildman–Crippen MR) is 90.0 cm³/mol. The molecule has 0 saturated carbocycles. The first-order chi connectivity index (χ1) is 10.1. The molecule has 0 N–H and O–H groups in total. The Morgan fingerprint density at radius 3 is 2.62 bits per heavy atom. The molecule has 1 unspecified atom stereocenters. The molecule has 1 aliphatic rings. The van der Waals surface area contributed by atoms with Gasteiger partial charge in [-0.05, 0) is 66.1 Å². The van der Waals surface area contributed by atoms with Gasteiger partial charge in [-0.25, -0.2) is 0 Å². The second-order valence-corrected chi connectivity index (χ2v) is 5.60. The zero-order valence-electron chi connectivity index (χ0n) is 12.1. The highest BCUT2D eigenvalue weighted by atomic mass is 31.0. The van der Waals surface area contributed by atoms with Gasteiger partial charge >= 0.3 is 0 Å². The van der Waals surface area contributed by atoms with Crippen LogP contribution >= 0.6 is 9.24 Å². The van der Waals surface area contributed by atoms with E-state index >= 15 is 0 Å². The maximum absolute atomic E-state index is 11.2. The normalized spacial score (nSPS) is 18.0. The summed E-state index contributed by atoms with van der Waals surface area (Å²) in [5, 5.41) is 1.03. The van der Waals surface area contributed by atoms with E-state index in [1.54, 1.807) is 6.08 Å². The van der Waals surface area contributed by atoms with E-state index in [2.05, 4.69) is 21.9 Å². The molecule has 1 atom stereocenters. The molecule has 2 rings (SSSR count). The molecule has 0 saturated heterocycles. The summed E-state index contributed by atoms with van der Waals surface area (Å²) in [5.41, 5.74) is 8.57. The Kier molecular flexibility index (Phi) is 4.85. The number of aldehydes is 2. The Hall–Kier alpha value is -2.01. The van der Waals surface area contributed by atoms with Gasteiger partial charge in [-0.1, -0.05) is 12.2 Å². The lowest BCUT2D eigenvalue weighted by atomic mass is 9.90. The monoisotopic (exact) mass is 296 g/mol. The van der Waals surface area contributed by atoms with Crippen LogP contribution in [0, 0.1) is 13.8 Å². The van der Waals surface area contributed by atoms with Gasteiger partial charge in [0.1, 0.15) is 6.29 Å². The zero-order valence-corrected chi connectivity index (χ0v) is 13.3. The van der Waals surface area contributed by atoms with E-state index in [9.17, 15) is 9.59 Å². The van der Waals surface area contributed by atoms with Crippen LogP contribution in [0.25, 0.3) is 5.57 Å². The van der Waals surface area contributed by atoms with Gasteiger partial charge in [0.15, 0.2) is 6.29 Å². The molecule has 21 heavy (non-hydrogen) atoms. The van der Waals surface area contributed by atoms with Gasteiger partial charge in [0.25, 0.3) is 0 Å². The first-order valence-electron chi connectivity index (χ1n) is 6.71. The van der Waals surface area contributed by atoms with Gasteiger partial charge < -0.3 is 0 Å². The third-order valence-electron chi connectivity index (χ3n) is 3.67. The zero-order chi connectivity index (χ0) is 15.4. The molecule has 0 aromatic heterocycles. The van der Waals surface area contributed by atoms with Crippen molar-refractivity contribution in [3.8, 4) is 0 Å². The summed E-state index contributed by atoms with van der Waals surface area (Å²) in [6, 6.07) is 1.89. The fraction of sp³-hybridized carbons (Fsp3) is 0.167. The summed E-state index contributed by atoms with van der Waals surface area (Å²) in [5.74, 6) is 0. The average Bonchev–Trinajstić information content (AvgIpc) is 2.45. The van der Waals surface area contributed by atoms with Crippen molar-refractivity contribution in [2.75, 3.05) is 0 Å². The summed E-state index contributed by atoms with van der Waals surface area (Å²) >= 11 is 0. The molecular formula is C18H17O2P. The number of carbonyl (C=O) groups excluding carboxylic acids is 2. The van der Waals surface area contributed by atoms with Crippen molar-refractivity contribution in [3.63, 3.8) is 0 Å². The van der Waals surface area contributed by atoms with E-state index in [1.807, 2.05) is 31.2 Å². The highest BCUT2D eigenvalue weighted by Gasteiger charge is 2.13. The Morgan fingerprint density at radius 1 is 1.19 bits per heavy atom. The van der Waals surface area contributed by atoms with Crippen LogP contribution < -0.4 is 5.30 Å². The Bertz CT molecular complexity index is 730. The van der Waals surface area contributed by atoms with Crippen molar-refractivity contribution in [2.45, 2.75) is 20.3 Å². The summed E-state index contributed by atoms with van der Waals surface area (Å²) in [4.78, 5) is 22.0. The first-order valence-corrected chi connectivity index (χ1v) is 7.29. The van der Waals surface area contributed by atoms with E-state index in [4.69, 9.17) is 0 Å². The highest BCUT2D eigenvalue weighted by Crippen LogP contribution is 2.28. The van der Waals surface area contributed by atoms with Crippen molar-refractivity contribution >= 4 is 32.7 Å². The molecule has 1 aromatic rings. The molecular weight excluding hydrogens is 279 g/mol. The molecule has 0 fully saturated rings. The van der Waals surface area contributed by atoms with Crippen molar-refractivity contribution in [2.24, 2.45) is 0 Å². The van der Waals surface area contributed by atoms with Crippen LogP contribution in [-0.4, -0.2) is 12.6 Å². The van der Waals surface area contributed by atoms with Crippen molar-refractivity contribution in [3.05, 3.63) is 63.9 Å². The molecule has 1 aliphatic carbocycles. The number of hydrogen-bond donors (Lipinski definition) is 0.